The van der Waals surface area contributed by atoms with Crippen LogP contribution in [0.1, 0.15) is 46.5 Å². The lowest BCUT2D eigenvalue weighted by Crippen LogP contribution is -2.39. The first-order chi connectivity index (χ1) is 7.40. The fraction of sp³-hybridized carbons (Fsp3) is 0.769. The highest BCUT2D eigenvalue weighted by Crippen LogP contribution is 2.30. The van der Waals surface area contributed by atoms with Crippen molar-refractivity contribution in [2.75, 3.05) is 0 Å². The van der Waals surface area contributed by atoms with Crippen LogP contribution in [0, 0.1) is 18.3 Å². The van der Waals surface area contributed by atoms with Crippen molar-refractivity contribution in [1.82, 2.24) is 5.32 Å². The SMILES string of the molecule is C#CC(CC1CCC1)NC(=O)OC(C)(C)C. The number of carbonyl (C=O) groups excluding carboxylic acids is 1. The molecule has 0 bridgehead atoms. The molecule has 1 amide bonds. The standard InChI is InChI=1S/C13H21NO2/c1-5-11(9-10-7-6-8-10)14-12(15)16-13(2,3)4/h1,10-11H,6-9H2,2-4H3,(H,14,15). The summed E-state index contributed by atoms with van der Waals surface area (Å²) >= 11 is 0. The van der Waals surface area contributed by atoms with E-state index in [1.54, 1.807) is 0 Å². The van der Waals surface area contributed by atoms with E-state index < -0.39 is 11.7 Å². The minimum absolute atomic E-state index is 0.194. The smallest absolute Gasteiger partial charge is 0.408 e. The lowest BCUT2D eigenvalue weighted by molar-refractivity contribution is 0.0507. The zero-order valence-corrected chi connectivity index (χ0v) is 10.4. The van der Waals surface area contributed by atoms with Gasteiger partial charge in [0.05, 0.1) is 6.04 Å². The van der Waals surface area contributed by atoms with Crippen LogP contribution >= 0.6 is 0 Å². The van der Waals surface area contributed by atoms with Gasteiger partial charge in [-0.1, -0.05) is 25.2 Å². The number of carbonyl (C=O) groups is 1. The van der Waals surface area contributed by atoms with Crippen molar-refractivity contribution in [3.63, 3.8) is 0 Å². The summed E-state index contributed by atoms with van der Waals surface area (Å²) in [6.45, 7) is 5.51. The van der Waals surface area contributed by atoms with Crippen LogP contribution in [0.3, 0.4) is 0 Å². The molecule has 90 valence electrons. The molecule has 1 aliphatic rings. The Morgan fingerprint density at radius 3 is 2.56 bits per heavy atom. The first-order valence-corrected chi connectivity index (χ1v) is 5.86. The Kier molecular flexibility index (Phi) is 4.23. The van der Waals surface area contributed by atoms with Gasteiger partial charge in [-0.15, -0.1) is 6.42 Å². The highest BCUT2D eigenvalue weighted by molar-refractivity contribution is 5.68. The third kappa shape index (κ3) is 4.57. The quantitative estimate of drug-likeness (QED) is 0.747. The molecule has 1 aliphatic carbocycles. The molecule has 0 spiro atoms. The van der Waals surface area contributed by atoms with Gasteiger partial charge in [0.2, 0.25) is 0 Å². The molecule has 1 N–H and O–H groups in total. The van der Waals surface area contributed by atoms with Crippen LogP contribution in [-0.2, 0) is 4.74 Å². The van der Waals surface area contributed by atoms with E-state index in [4.69, 9.17) is 11.2 Å². The van der Waals surface area contributed by atoms with Crippen LogP contribution in [-0.4, -0.2) is 17.7 Å². The van der Waals surface area contributed by atoms with Crippen molar-refractivity contribution in [3.05, 3.63) is 0 Å². The second-order valence-corrected chi connectivity index (χ2v) is 5.40. The van der Waals surface area contributed by atoms with E-state index in [0.29, 0.717) is 5.92 Å². The molecule has 0 heterocycles. The normalized spacial score (nSPS) is 18.1. The zero-order valence-electron chi connectivity index (χ0n) is 10.4. The zero-order chi connectivity index (χ0) is 12.2. The molecular weight excluding hydrogens is 202 g/mol. The number of alkyl carbamates (subject to hydrolysis) is 1. The number of terminal acetylenes is 1. The highest BCUT2D eigenvalue weighted by atomic mass is 16.6. The van der Waals surface area contributed by atoms with Gasteiger partial charge in [-0.3, -0.25) is 0 Å². The first-order valence-electron chi connectivity index (χ1n) is 5.86. The molecule has 3 heteroatoms. The summed E-state index contributed by atoms with van der Waals surface area (Å²) in [6, 6.07) is -0.194. The maximum atomic E-state index is 11.5. The van der Waals surface area contributed by atoms with Crippen LogP contribution in [0.2, 0.25) is 0 Å². The van der Waals surface area contributed by atoms with Crippen molar-refractivity contribution in [2.45, 2.75) is 58.1 Å². The Morgan fingerprint density at radius 2 is 2.19 bits per heavy atom. The molecule has 1 rings (SSSR count). The van der Waals surface area contributed by atoms with Gasteiger partial charge in [0.25, 0.3) is 0 Å². The fourth-order valence-electron chi connectivity index (χ4n) is 1.68. The molecule has 3 nitrogen and oxygen atoms in total. The molecule has 1 unspecified atom stereocenters. The summed E-state index contributed by atoms with van der Waals surface area (Å²) in [5.74, 6) is 3.28. The summed E-state index contributed by atoms with van der Waals surface area (Å²) in [7, 11) is 0. The fourth-order valence-corrected chi connectivity index (χ4v) is 1.68. The van der Waals surface area contributed by atoms with Gasteiger partial charge < -0.3 is 10.1 Å². The van der Waals surface area contributed by atoms with Gasteiger partial charge in [0.1, 0.15) is 5.60 Å². The van der Waals surface area contributed by atoms with Crippen molar-refractivity contribution in [3.8, 4) is 12.3 Å². The minimum Gasteiger partial charge on any atom is -0.444 e. The molecule has 1 atom stereocenters. The van der Waals surface area contributed by atoms with Crippen molar-refractivity contribution in [1.29, 1.82) is 0 Å². The number of nitrogens with one attached hydrogen (secondary N) is 1. The van der Waals surface area contributed by atoms with Crippen molar-refractivity contribution >= 4 is 6.09 Å². The Balaban J connectivity index is 2.32. The molecule has 0 aromatic heterocycles. The lowest BCUT2D eigenvalue weighted by Gasteiger charge is -2.28. The van der Waals surface area contributed by atoms with Gasteiger partial charge in [-0.25, -0.2) is 4.79 Å². The topological polar surface area (TPSA) is 38.3 Å². The largest absolute Gasteiger partial charge is 0.444 e. The molecular formula is C13H21NO2. The maximum Gasteiger partial charge on any atom is 0.408 e. The van der Waals surface area contributed by atoms with Gasteiger partial charge in [-0.2, -0.15) is 0 Å². The van der Waals surface area contributed by atoms with E-state index in [2.05, 4.69) is 11.2 Å². The van der Waals surface area contributed by atoms with Crippen LogP contribution in [0.5, 0.6) is 0 Å². The molecule has 1 fully saturated rings. The first kappa shape index (κ1) is 12.9. The van der Waals surface area contributed by atoms with E-state index in [1.165, 1.54) is 19.3 Å². The third-order valence-electron chi connectivity index (χ3n) is 2.69. The van der Waals surface area contributed by atoms with E-state index >= 15 is 0 Å². The average molecular weight is 223 g/mol. The predicted octanol–water partition coefficient (Wildman–Crippen LogP) is 2.70. The molecule has 0 aromatic rings. The summed E-state index contributed by atoms with van der Waals surface area (Å²) in [5, 5.41) is 2.73. The predicted molar refractivity (Wildman–Crippen MR) is 63.9 cm³/mol. The number of ether oxygens (including phenoxy) is 1. The second-order valence-electron chi connectivity index (χ2n) is 5.40. The van der Waals surface area contributed by atoms with Crippen LogP contribution in [0.4, 0.5) is 4.79 Å². The molecule has 1 saturated carbocycles. The lowest BCUT2D eigenvalue weighted by atomic mass is 9.81. The Morgan fingerprint density at radius 1 is 1.56 bits per heavy atom. The monoisotopic (exact) mass is 223 g/mol. The van der Waals surface area contributed by atoms with Gasteiger partial charge in [0, 0.05) is 0 Å². The molecule has 16 heavy (non-hydrogen) atoms. The second kappa shape index (κ2) is 5.25. The molecule has 0 aliphatic heterocycles. The van der Waals surface area contributed by atoms with E-state index in [0.717, 1.165) is 6.42 Å². The highest BCUT2D eigenvalue weighted by Gasteiger charge is 2.23. The molecule has 0 radical (unpaired) electrons. The Hall–Kier alpha value is -1.17. The number of amides is 1. The van der Waals surface area contributed by atoms with Crippen LogP contribution in [0.15, 0.2) is 0 Å². The van der Waals surface area contributed by atoms with Crippen molar-refractivity contribution in [2.24, 2.45) is 5.92 Å². The van der Waals surface area contributed by atoms with Gasteiger partial charge in [0.15, 0.2) is 0 Å². The van der Waals surface area contributed by atoms with E-state index in [-0.39, 0.29) is 6.04 Å². The molecule has 0 saturated heterocycles. The van der Waals surface area contributed by atoms with E-state index in [1.807, 2.05) is 20.8 Å². The van der Waals surface area contributed by atoms with E-state index in [9.17, 15) is 4.79 Å². The molecule has 0 aromatic carbocycles. The Labute approximate surface area is 97.9 Å². The summed E-state index contributed by atoms with van der Waals surface area (Å²) in [5.41, 5.74) is -0.473. The minimum atomic E-state index is -0.473. The third-order valence-corrected chi connectivity index (χ3v) is 2.69. The summed E-state index contributed by atoms with van der Waals surface area (Å²) in [6.07, 6.45) is 9.59. The number of hydrogen-bond acceptors (Lipinski definition) is 2. The van der Waals surface area contributed by atoms with Crippen LogP contribution < -0.4 is 5.32 Å². The summed E-state index contributed by atoms with van der Waals surface area (Å²) in [4.78, 5) is 11.5. The Bertz CT molecular complexity index is 281. The van der Waals surface area contributed by atoms with Crippen molar-refractivity contribution < 1.29 is 9.53 Å². The van der Waals surface area contributed by atoms with Gasteiger partial charge >= 0.3 is 6.09 Å². The van der Waals surface area contributed by atoms with Crippen LogP contribution in [0.25, 0.3) is 0 Å². The van der Waals surface area contributed by atoms with Gasteiger partial charge in [-0.05, 0) is 33.1 Å². The average Bonchev–Trinajstić information content (AvgIpc) is 2.05. The summed E-state index contributed by atoms with van der Waals surface area (Å²) < 4.78 is 5.16. The number of rotatable bonds is 3. The maximum absolute atomic E-state index is 11.5. The number of hydrogen-bond donors (Lipinski definition) is 1.